The zero-order valence-electron chi connectivity index (χ0n) is 13.6. The Morgan fingerprint density at radius 1 is 1.32 bits per heavy atom. The third-order valence-electron chi connectivity index (χ3n) is 3.31. The minimum atomic E-state index is -0.238. The normalized spacial score (nSPS) is 15.0. The van der Waals surface area contributed by atoms with E-state index in [9.17, 15) is 9.59 Å². The molecular weight excluding hydrogens is 284 g/mol. The van der Waals surface area contributed by atoms with Gasteiger partial charge < -0.3 is 9.84 Å². The first-order valence-corrected chi connectivity index (χ1v) is 7.49. The summed E-state index contributed by atoms with van der Waals surface area (Å²) in [5, 5.41) is 9.48. The molecule has 0 aliphatic heterocycles. The lowest BCUT2D eigenvalue weighted by Crippen LogP contribution is -2.39. The molecular formula is C15H24N4O3. The smallest absolute Gasteiger partial charge is 0.240 e. The van der Waals surface area contributed by atoms with E-state index in [0.717, 1.165) is 18.5 Å². The van der Waals surface area contributed by atoms with E-state index < -0.39 is 0 Å². The number of carbonyl (C=O) groups is 2. The van der Waals surface area contributed by atoms with E-state index in [1.165, 1.54) is 0 Å². The molecule has 0 atom stereocenters. The fourth-order valence-electron chi connectivity index (χ4n) is 1.91. The minimum Gasteiger partial charge on any atom is -0.352 e. The van der Waals surface area contributed by atoms with E-state index in [2.05, 4.69) is 15.8 Å². The summed E-state index contributed by atoms with van der Waals surface area (Å²) in [6.45, 7) is 6.37. The maximum absolute atomic E-state index is 11.9. The van der Waals surface area contributed by atoms with E-state index in [1.54, 1.807) is 18.0 Å². The van der Waals surface area contributed by atoms with Crippen molar-refractivity contribution in [1.82, 2.24) is 15.4 Å². The van der Waals surface area contributed by atoms with Gasteiger partial charge in [-0.3, -0.25) is 19.8 Å². The monoisotopic (exact) mass is 308 g/mol. The Morgan fingerprint density at radius 3 is 2.50 bits per heavy atom. The highest BCUT2D eigenvalue weighted by atomic mass is 16.5. The van der Waals surface area contributed by atoms with Gasteiger partial charge in [0.2, 0.25) is 17.7 Å². The van der Waals surface area contributed by atoms with Crippen molar-refractivity contribution in [2.75, 3.05) is 25.5 Å². The quantitative estimate of drug-likeness (QED) is 0.822. The standard InChI is InChI=1S/C15H24N4O3/c1-15(2,3)11-7-14(22-18-11)17-13(21)9-19(4)8-12(20)16-10-5-6-10/h7,10H,5-6,8-9H2,1-4H3,(H,16,20)(H,17,21). The number of likely N-dealkylation sites (N-methyl/N-ethyl adjacent to an activating group) is 1. The molecule has 1 aromatic rings. The van der Waals surface area contributed by atoms with Gasteiger partial charge in [0.25, 0.3) is 0 Å². The van der Waals surface area contributed by atoms with Gasteiger partial charge in [0, 0.05) is 17.5 Å². The SMILES string of the molecule is CN(CC(=O)Nc1cc(C(C)(C)C)no1)CC(=O)NC1CC1. The van der Waals surface area contributed by atoms with Crippen LogP contribution in [0.4, 0.5) is 5.88 Å². The van der Waals surface area contributed by atoms with Crippen molar-refractivity contribution in [1.29, 1.82) is 0 Å². The van der Waals surface area contributed by atoms with Gasteiger partial charge in [0.05, 0.1) is 18.8 Å². The molecule has 0 saturated heterocycles. The molecule has 0 aromatic carbocycles. The van der Waals surface area contributed by atoms with Crippen LogP contribution in [0.1, 0.15) is 39.3 Å². The summed E-state index contributed by atoms with van der Waals surface area (Å²) in [7, 11) is 1.73. The van der Waals surface area contributed by atoms with Crippen LogP contribution in [-0.4, -0.2) is 48.0 Å². The van der Waals surface area contributed by atoms with Crippen LogP contribution in [0.15, 0.2) is 10.6 Å². The Kier molecular flexibility index (Phi) is 4.85. The minimum absolute atomic E-state index is 0.0486. The third-order valence-corrected chi connectivity index (χ3v) is 3.31. The number of nitrogens with zero attached hydrogens (tertiary/aromatic N) is 2. The molecule has 1 fully saturated rings. The number of anilines is 1. The summed E-state index contributed by atoms with van der Waals surface area (Å²) in [5.74, 6) is 0.0385. The van der Waals surface area contributed by atoms with E-state index in [4.69, 9.17) is 4.52 Å². The molecule has 2 rings (SSSR count). The number of hydrogen-bond donors (Lipinski definition) is 2. The molecule has 22 heavy (non-hydrogen) atoms. The maximum atomic E-state index is 11.9. The van der Waals surface area contributed by atoms with Crippen LogP contribution in [0.5, 0.6) is 0 Å². The predicted molar refractivity (Wildman–Crippen MR) is 82.5 cm³/mol. The summed E-state index contributed by atoms with van der Waals surface area (Å²) in [5.41, 5.74) is 0.643. The van der Waals surface area contributed by atoms with Crippen LogP contribution < -0.4 is 10.6 Å². The Labute approximate surface area is 130 Å². The molecule has 0 radical (unpaired) electrons. The lowest BCUT2D eigenvalue weighted by atomic mass is 9.92. The summed E-state index contributed by atoms with van der Waals surface area (Å²) in [6.07, 6.45) is 2.11. The molecule has 1 aliphatic carbocycles. The molecule has 7 heteroatoms. The first-order chi connectivity index (χ1) is 10.2. The van der Waals surface area contributed by atoms with Crippen LogP contribution in [0, 0.1) is 0 Å². The number of aromatic nitrogens is 1. The second kappa shape index (κ2) is 6.48. The van der Waals surface area contributed by atoms with Crippen molar-refractivity contribution >= 4 is 17.7 Å². The first-order valence-electron chi connectivity index (χ1n) is 7.49. The molecule has 1 saturated carbocycles. The topological polar surface area (TPSA) is 87.5 Å². The molecule has 1 aliphatic rings. The zero-order chi connectivity index (χ0) is 16.3. The van der Waals surface area contributed by atoms with Gasteiger partial charge >= 0.3 is 0 Å². The average Bonchev–Trinajstić information content (AvgIpc) is 3.02. The highest BCUT2D eigenvalue weighted by Crippen LogP contribution is 2.23. The van der Waals surface area contributed by atoms with Gasteiger partial charge in [-0.05, 0) is 19.9 Å². The van der Waals surface area contributed by atoms with Crippen molar-refractivity contribution in [3.8, 4) is 0 Å². The van der Waals surface area contributed by atoms with Crippen molar-refractivity contribution in [3.63, 3.8) is 0 Å². The Morgan fingerprint density at radius 2 is 1.95 bits per heavy atom. The fourth-order valence-corrected chi connectivity index (χ4v) is 1.91. The van der Waals surface area contributed by atoms with Crippen molar-refractivity contribution in [2.24, 2.45) is 0 Å². The fraction of sp³-hybridized carbons (Fsp3) is 0.667. The molecule has 2 N–H and O–H groups in total. The number of rotatable bonds is 6. The Hall–Kier alpha value is -1.89. The Balaban J connectivity index is 1.76. The summed E-state index contributed by atoms with van der Waals surface area (Å²) in [4.78, 5) is 25.2. The van der Waals surface area contributed by atoms with Crippen LogP contribution in [-0.2, 0) is 15.0 Å². The molecule has 122 valence electrons. The second-order valence-corrected chi connectivity index (χ2v) is 6.89. The lowest BCUT2D eigenvalue weighted by Gasteiger charge is -2.15. The van der Waals surface area contributed by atoms with Crippen LogP contribution in [0.2, 0.25) is 0 Å². The van der Waals surface area contributed by atoms with Crippen LogP contribution in [0.25, 0.3) is 0 Å². The van der Waals surface area contributed by atoms with Crippen molar-refractivity contribution in [3.05, 3.63) is 11.8 Å². The van der Waals surface area contributed by atoms with Gasteiger partial charge in [-0.15, -0.1) is 0 Å². The summed E-state index contributed by atoms with van der Waals surface area (Å²) < 4.78 is 5.11. The predicted octanol–water partition coefficient (Wildman–Crippen LogP) is 1.12. The van der Waals surface area contributed by atoms with Gasteiger partial charge in [-0.25, -0.2) is 0 Å². The highest BCUT2D eigenvalue weighted by Gasteiger charge is 2.24. The van der Waals surface area contributed by atoms with Crippen molar-refractivity contribution in [2.45, 2.75) is 45.1 Å². The largest absolute Gasteiger partial charge is 0.352 e. The van der Waals surface area contributed by atoms with E-state index in [0.29, 0.717) is 11.9 Å². The van der Waals surface area contributed by atoms with E-state index >= 15 is 0 Å². The van der Waals surface area contributed by atoms with Gasteiger partial charge in [0.15, 0.2) is 0 Å². The lowest BCUT2D eigenvalue weighted by molar-refractivity contribution is -0.123. The van der Waals surface area contributed by atoms with E-state index in [1.807, 2.05) is 20.8 Å². The van der Waals surface area contributed by atoms with Crippen LogP contribution in [0.3, 0.4) is 0 Å². The summed E-state index contributed by atoms with van der Waals surface area (Å²) in [6, 6.07) is 2.05. The molecule has 0 bridgehead atoms. The first kappa shape index (κ1) is 16.5. The van der Waals surface area contributed by atoms with Gasteiger partial charge in [-0.1, -0.05) is 25.9 Å². The molecule has 0 spiro atoms. The van der Waals surface area contributed by atoms with Crippen molar-refractivity contribution < 1.29 is 14.1 Å². The van der Waals surface area contributed by atoms with E-state index in [-0.39, 0.29) is 30.3 Å². The van der Waals surface area contributed by atoms with Crippen LogP contribution >= 0.6 is 0 Å². The number of hydrogen-bond acceptors (Lipinski definition) is 5. The third kappa shape index (κ3) is 5.14. The molecule has 7 nitrogen and oxygen atoms in total. The maximum Gasteiger partial charge on any atom is 0.240 e. The molecule has 1 aromatic heterocycles. The Bertz CT molecular complexity index is 543. The average molecular weight is 308 g/mol. The second-order valence-electron chi connectivity index (χ2n) is 6.89. The summed E-state index contributed by atoms with van der Waals surface area (Å²) >= 11 is 0. The molecule has 2 amide bonds. The molecule has 1 heterocycles. The zero-order valence-corrected chi connectivity index (χ0v) is 13.6. The van der Waals surface area contributed by atoms with Gasteiger partial charge in [-0.2, -0.15) is 0 Å². The number of amides is 2. The number of nitrogens with one attached hydrogen (secondary N) is 2. The number of carbonyl (C=O) groups excluding carboxylic acids is 2. The van der Waals surface area contributed by atoms with Gasteiger partial charge in [0.1, 0.15) is 0 Å². The molecule has 0 unspecified atom stereocenters. The highest BCUT2D eigenvalue weighted by molar-refractivity contribution is 5.91.